The highest BCUT2D eigenvalue weighted by Gasteiger charge is 2.10. The quantitative estimate of drug-likeness (QED) is 0.825. The summed E-state index contributed by atoms with van der Waals surface area (Å²) >= 11 is 11.7. The Morgan fingerprint density at radius 3 is 2.45 bits per heavy atom. The first-order valence-electron chi connectivity index (χ1n) is 6.09. The summed E-state index contributed by atoms with van der Waals surface area (Å²) in [6, 6.07) is 8.79. The van der Waals surface area contributed by atoms with Gasteiger partial charge in [-0.2, -0.15) is 0 Å². The largest absolute Gasteiger partial charge is 0.306 e. The predicted octanol–water partition coefficient (Wildman–Crippen LogP) is 5.12. The van der Waals surface area contributed by atoms with Crippen LogP contribution >= 0.6 is 23.2 Å². The molecule has 0 saturated carbocycles. The van der Waals surface area contributed by atoms with E-state index in [-0.39, 0.29) is 16.9 Å². The lowest BCUT2D eigenvalue weighted by Crippen LogP contribution is -2.18. The normalized spacial score (nSPS) is 12.4. The van der Waals surface area contributed by atoms with Crippen LogP contribution in [0.2, 0.25) is 10.0 Å². The van der Waals surface area contributed by atoms with Gasteiger partial charge in [-0.3, -0.25) is 0 Å². The van der Waals surface area contributed by atoms with Crippen molar-refractivity contribution >= 4 is 23.2 Å². The van der Waals surface area contributed by atoms with Crippen molar-refractivity contribution in [2.45, 2.75) is 19.5 Å². The van der Waals surface area contributed by atoms with E-state index in [1.54, 1.807) is 18.2 Å². The van der Waals surface area contributed by atoms with Crippen LogP contribution in [0.4, 0.5) is 8.78 Å². The molecule has 0 aliphatic heterocycles. The SMILES string of the molecule is CC(NCc1ccc(F)c(Cl)c1)c1ccc(F)cc1Cl. The second kappa shape index (κ2) is 6.53. The lowest BCUT2D eigenvalue weighted by molar-refractivity contribution is 0.569. The fourth-order valence-corrected chi connectivity index (χ4v) is 2.42. The molecule has 0 aliphatic rings. The topological polar surface area (TPSA) is 12.0 Å². The maximum Gasteiger partial charge on any atom is 0.141 e. The van der Waals surface area contributed by atoms with Crippen LogP contribution in [0.15, 0.2) is 36.4 Å². The Labute approximate surface area is 126 Å². The third-order valence-corrected chi connectivity index (χ3v) is 3.64. The van der Waals surface area contributed by atoms with Gasteiger partial charge in [0.05, 0.1) is 5.02 Å². The molecular formula is C15H13Cl2F2N. The highest BCUT2D eigenvalue weighted by atomic mass is 35.5. The summed E-state index contributed by atoms with van der Waals surface area (Å²) in [6.07, 6.45) is 0. The molecule has 0 bridgehead atoms. The monoisotopic (exact) mass is 315 g/mol. The summed E-state index contributed by atoms with van der Waals surface area (Å²) in [6.45, 7) is 2.43. The zero-order valence-corrected chi connectivity index (χ0v) is 12.3. The minimum atomic E-state index is -0.440. The number of halogens is 4. The Balaban J connectivity index is 2.04. The Bertz CT molecular complexity index is 617. The van der Waals surface area contributed by atoms with Crippen LogP contribution < -0.4 is 5.32 Å². The van der Waals surface area contributed by atoms with E-state index in [9.17, 15) is 8.78 Å². The average Bonchev–Trinajstić information content (AvgIpc) is 2.40. The van der Waals surface area contributed by atoms with Gasteiger partial charge in [-0.1, -0.05) is 35.3 Å². The van der Waals surface area contributed by atoms with Crippen LogP contribution in [0.1, 0.15) is 24.1 Å². The van der Waals surface area contributed by atoms with Crippen molar-refractivity contribution < 1.29 is 8.78 Å². The highest BCUT2D eigenvalue weighted by molar-refractivity contribution is 6.31. The molecule has 0 amide bonds. The molecule has 106 valence electrons. The van der Waals surface area contributed by atoms with E-state index < -0.39 is 5.82 Å². The first kappa shape index (κ1) is 15.2. The lowest BCUT2D eigenvalue weighted by atomic mass is 10.1. The molecule has 0 aliphatic carbocycles. The fraction of sp³-hybridized carbons (Fsp3) is 0.200. The lowest BCUT2D eigenvalue weighted by Gasteiger charge is -2.16. The van der Waals surface area contributed by atoms with Crippen LogP contribution in [0.5, 0.6) is 0 Å². The molecular weight excluding hydrogens is 303 g/mol. The van der Waals surface area contributed by atoms with Crippen LogP contribution in [0.25, 0.3) is 0 Å². The number of hydrogen-bond acceptors (Lipinski definition) is 1. The van der Waals surface area contributed by atoms with E-state index in [0.29, 0.717) is 11.6 Å². The van der Waals surface area contributed by atoms with Crippen molar-refractivity contribution in [3.8, 4) is 0 Å². The van der Waals surface area contributed by atoms with Gasteiger partial charge in [0.15, 0.2) is 0 Å². The van der Waals surface area contributed by atoms with Gasteiger partial charge in [0, 0.05) is 17.6 Å². The molecule has 2 rings (SSSR count). The number of benzene rings is 2. The second-order valence-corrected chi connectivity index (χ2v) is 5.33. The summed E-state index contributed by atoms with van der Waals surface area (Å²) in [5.41, 5.74) is 1.67. The number of nitrogens with one attached hydrogen (secondary N) is 1. The van der Waals surface area contributed by atoms with Crippen LogP contribution in [-0.2, 0) is 6.54 Å². The zero-order valence-electron chi connectivity index (χ0n) is 10.8. The van der Waals surface area contributed by atoms with E-state index in [1.165, 1.54) is 18.2 Å². The molecule has 2 aromatic carbocycles. The first-order valence-corrected chi connectivity index (χ1v) is 6.85. The summed E-state index contributed by atoms with van der Waals surface area (Å²) in [5.74, 6) is -0.804. The fourth-order valence-electron chi connectivity index (χ4n) is 1.88. The van der Waals surface area contributed by atoms with Gasteiger partial charge >= 0.3 is 0 Å². The Hall–Kier alpha value is -1.16. The third-order valence-electron chi connectivity index (χ3n) is 3.03. The van der Waals surface area contributed by atoms with E-state index in [4.69, 9.17) is 23.2 Å². The van der Waals surface area contributed by atoms with Crippen molar-refractivity contribution in [3.05, 3.63) is 69.2 Å². The molecule has 0 heterocycles. The van der Waals surface area contributed by atoms with E-state index in [0.717, 1.165) is 11.1 Å². The number of rotatable bonds is 4. The van der Waals surface area contributed by atoms with Crippen molar-refractivity contribution in [2.24, 2.45) is 0 Å². The van der Waals surface area contributed by atoms with Gasteiger partial charge in [0.1, 0.15) is 11.6 Å². The van der Waals surface area contributed by atoms with E-state index >= 15 is 0 Å². The van der Waals surface area contributed by atoms with Gasteiger partial charge in [-0.15, -0.1) is 0 Å². The molecule has 0 spiro atoms. The number of hydrogen-bond donors (Lipinski definition) is 1. The molecule has 0 saturated heterocycles. The Morgan fingerprint density at radius 2 is 1.80 bits per heavy atom. The standard InChI is InChI=1S/C15H13Cl2F2N/c1-9(12-4-3-11(18)7-13(12)16)20-8-10-2-5-15(19)14(17)6-10/h2-7,9,20H,8H2,1H3. The van der Waals surface area contributed by atoms with Crippen molar-refractivity contribution in [3.63, 3.8) is 0 Å². The van der Waals surface area contributed by atoms with Crippen molar-refractivity contribution in [2.75, 3.05) is 0 Å². The van der Waals surface area contributed by atoms with Gasteiger partial charge in [0.2, 0.25) is 0 Å². The molecule has 2 aromatic rings. The molecule has 0 fully saturated rings. The molecule has 1 unspecified atom stereocenters. The molecule has 5 heteroatoms. The van der Waals surface area contributed by atoms with Crippen LogP contribution in [-0.4, -0.2) is 0 Å². The molecule has 20 heavy (non-hydrogen) atoms. The van der Waals surface area contributed by atoms with Gasteiger partial charge in [-0.25, -0.2) is 8.78 Å². The third kappa shape index (κ3) is 3.69. The highest BCUT2D eigenvalue weighted by Crippen LogP contribution is 2.24. The summed E-state index contributed by atoms with van der Waals surface area (Å²) < 4.78 is 26.0. The van der Waals surface area contributed by atoms with Crippen LogP contribution in [0, 0.1) is 11.6 Å². The summed E-state index contributed by atoms with van der Waals surface area (Å²) in [7, 11) is 0. The van der Waals surface area contributed by atoms with Gasteiger partial charge in [0.25, 0.3) is 0 Å². The molecule has 0 aromatic heterocycles. The van der Waals surface area contributed by atoms with Gasteiger partial charge < -0.3 is 5.32 Å². The van der Waals surface area contributed by atoms with Crippen LogP contribution in [0.3, 0.4) is 0 Å². The average molecular weight is 316 g/mol. The van der Waals surface area contributed by atoms with Crippen molar-refractivity contribution in [1.29, 1.82) is 0 Å². The van der Waals surface area contributed by atoms with Gasteiger partial charge in [-0.05, 0) is 42.3 Å². The minimum absolute atomic E-state index is 0.0630. The summed E-state index contributed by atoms with van der Waals surface area (Å²) in [4.78, 5) is 0. The molecule has 1 N–H and O–H groups in total. The van der Waals surface area contributed by atoms with E-state index in [1.807, 2.05) is 6.92 Å². The molecule has 1 atom stereocenters. The van der Waals surface area contributed by atoms with E-state index in [2.05, 4.69) is 5.32 Å². The zero-order chi connectivity index (χ0) is 14.7. The summed E-state index contributed by atoms with van der Waals surface area (Å²) in [5, 5.41) is 3.71. The second-order valence-electron chi connectivity index (χ2n) is 4.52. The first-order chi connectivity index (χ1) is 9.47. The molecule has 0 radical (unpaired) electrons. The minimum Gasteiger partial charge on any atom is -0.306 e. The Kier molecular flexibility index (Phi) is 4.97. The Morgan fingerprint density at radius 1 is 1.05 bits per heavy atom. The smallest absolute Gasteiger partial charge is 0.141 e. The maximum absolute atomic E-state index is 13.0. The maximum atomic E-state index is 13.0. The van der Waals surface area contributed by atoms with Crippen molar-refractivity contribution in [1.82, 2.24) is 5.32 Å². The molecule has 1 nitrogen and oxygen atoms in total. The predicted molar refractivity (Wildman–Crippen MR) is 78.1 cm³/mol.